The standard InChI is InChI=1S/C13H20N2O3S2/c1-10-6-8-19-12(10)9-14(2)13(16)11-5-4-7-15(11)20(3,17)18/h6,8,11H,4-5,7,9H2,1-3H3. The van der Waals surface area contributed by atoms with Crippen LogP contribution in [0.5, 0.6) is 0 Å². The van der Waals surface area contributed by atoms with Gasteiger partial charge in [0.1, 0.15) is 6.04 Å². The molecule has 1 saturated heterocycles. The highest BCUT2D eigenvalue weighted by Crippen LogP contribution is 2.23. The van der Waals surface area contributed by atoms with Crippen molar-refractivity contribution in [1.82, 2.24) is 9.21 Å². The Bertz CT molecular complexity index is 595. The summed E-state index contributed by atoms with van der Waals surface area (Å²) in [6.45, 7) is 3.00. The molecule has 1 aliphatic rings. The van der Waals surface area contributed by atoms with E-state index in [0.29, 0.717) is 19.5 Å². The number of thiophene rings is 1. The van der Waals surface area contributed by atoms with E-state index in [9.17, 15) is 13.2 Å². The fraction of sp³-hybridized carbons (Fsp3) is 0.615. The Hall–Kier alpha value is -0.920. The molecule has 7 heteroatoms. The van der Waals surface area contributed by atoms with E-state index in [1.165, 1.54) is 16.1 Å². The summed E-state index contributed by atoms with van der Waals surface area (Å²) in [5.74, 6) is -0.110. The second kappa shape index (κ2) is 5.83. The molecule has 0 spiro atoms. The van der Waals surface area contributed by atoms with E-state index in [2.05, 4.69) is 0 Å². The van der Waals surface area contributed by atoms with E-state index < -0.39 is 16.1 Å². The first-order chi connectivity index (χ1) is 9.30. The van der Waals surface area contributed by atoms with Crippen molar-refractivity contribution in [2.45, 2.75) is 32.4 Å². The van der Waals surface area contributed by atoms with Crippen LogP contribution in [0.15, 0.2) is 11.4 Å². The van der Waals surface area contributed by atoms with Crippen LogP contribution in [0.3, 0.4) is 0 Å². The number of sulfonamides is 1. The summed E-state index contributed by atoms with van der Waals surface area (Å²) in [5.41, 5.74) is 1.17. The van der Waals surface area contributed by atoms with Crippen LogP contribution >= 0.6 is 11.3 Å². The van der Waals surface area contributed by atoms with E-state index >= 15 is 0 Å². The number of hydrogen-bond donors (Lipinski definition) is 0. The molecule has 1 aromatic rings. The van der Waals surface area contributed by atoms with Crippen LogP contribution in [0.1, 0.15) is 23.3 Å². The first kappa shape index (κ1) is 15.5. The summed E-state index contributed by atoms with van der Waals surface area (Å²) in [6, 6.07) is 1.49. The molecule has 0 aromatic carbocycles. The molecule has 1 atom stereocenters. The van der Waals surface area contributed by atoms with Crippen LogP contribution in [0.4, 0.5) is 0 Å². The minimum absolute atomic E-state index is 0.110. The molecule has 2 rings (SSSR count). The number of amides is 1. The topological polar surface area (TPSA) is 57.7 Å². The van der Waals surface area contributed by atoms with Gasteiger partial charge < -0.3 is 4.90 Å². The van der Waals surface area contributed by atoms with Crippen molar-refractivity contribution in [2.24, 2.45) is 0 Å². The second-order valence-electron chi connectivity index (χ2n) is 5.25. The minimum Gasteiger partial charge on any atom is -0.339 e. The molecule has 1 unspecified atom stereocenters. The van der Waals surface area contributed by atoms with Crippen molar-refractivity contribution in [1.29, 1.82) is 0 Å². The Morgan fingerprint density at radius 2 is 2.25 bits per heavy atom. The first-order valence-electron chi connectivity index (χ1n) is 6.55. The van der Waals surface area contributed by atoms with E-state index in [-0.39, 0.29) is 5.91 Å². The monoisotopic (exact) mass is 316 g/mol. The summed E-state index contributed by atoms with van der Waals surface area (Å²) >= 11 is 1.62. The zero-order chi connectivity index (χ0) is 14.9. The molecule has 1 aromatic heterocycles. The van der Waals surface area contributed by atoms with Crippen molar-refractivity contribution in [3.05, 3.63) is 21.9 Å². The smallest absolute Gasteiger partial charge is 0.241 e. The summed E-state index contributed by atoms with van der Waals surface area (Å²) in [5, 5.41) is 2.00. The molecule has 2 heterocycles. The highest BCUT2D eigenvalue weighted by atomic mass is 32.2. The number of aryl methyl sites for hydroxylation is 1. The third-order valence-electron chi connectivity index (χ3n) is 3.64. The molecule has 0 aliphatic carbocycles. The number of carbonyl (C=O) groups excluding carboxylic acids is 1. The molecule has 20 heavy (non-hydrogen) atoms. The van der Waals surface area contributed by atoms with Gasteiger partial charge in [-0.1, -0.05) is 0 Å². The van der Waals surface area contributed by atoms with Crippen LogP contribution in [-0.4, -0.2) is 49.4 Å². The third-order valence-corrected chi connectivity index (χ3v) is 5.94. The van der Waals surface area contributed by atoms with E-state index in [0.717, 1.165) is 11.3 Å². The summed E-state index contributed by atoms with van der Waals surface area (Å²) in [7, 11) is -1.58. The predicted octanol–water partition coefficient (Wildman–Crippen LogP) is 1.44. The Kier molecular flexibility index (Phi) is 4.51. The molecular weight excluding hydrogens is 296 g/mol. The van der Waals surface area contributed by atoms with Gasteiger partial charge in [0.25, 0.3) is 0 Å². The number of carbonyl (C=O) groups is 1. The average Bonchev–Trinajstić information content (AvgIpc) is 2.97. The van der Waals surface area contributed by atoms with Crippen LogP contribution < -0.4 is 0 Å². The van der Waals surface area contributed by atoms with Gasteiger partial charge in [-0.05, 0) is 36.8 Å². The van der Waals surface area contributed by atoms with E-state index in [1.54, 1.807) is 23.3 Å². The van der Waals surface area contributed by atoms with E-state index in [4.69, 9.17) is 0 Å². The van der Waals surface area contributed by atoms with Crippen molar-refractivity contribution >= 4 is 27.3 Å². The maximum Gasteiger partial charge on any atom is 0.241 e. The molecule has 0 N–H and O–H groups in total. The minimum atomic E-state index is -3.31. The Balaban J connectivity index is 2.09. The summed E-state index contributed by atoms with van der Waals surface area (Å²) < 4.78 is 24.7. The lowest BCUT2D eigenvalue weighted by Gasteiger charge is -2.26. The fourth-order valence-electron chi connectivity index (χ4n) is 2.50. The molecular formula is C13H20N2O3S2. The van der Waals surface area contributed by atoms with Crippen LogP contribution in [-0.2, 0) is 21.4 Å². The van der Waals surface area contributed by atoms with Crippen molar-refractivity contribution in [3.63, 3.8) is 0 Å². The number of rotatable bonds is 4. The van der Waals surface area contributed by atoms with Gasteiger partial charge in [-0.2, -0.15) is 4.31 Å². The van der Waals surface area contributed by atoms with Crippen LogP contribution in [0.2, 0.25) is 0 Å². The van der Waals surface area contributed by atoms with Gasteiger partial charge in [-0.15, -0.1) is 11.3 Å². The molecule has 0 bridgehead atoms. The molecule has 1 amide bonds. The quantitative estimate of drug-likeness (QED) is 0.844. The second-order valence-corrected chi connectivity index (χ2v) is 8.19. The number of likely N-dealkylation sites (N-methyl/N-ethyl adjacent to an activating group) is 1. The van der Waals surface area contributed by atoms with Crippen molar-refractivity contribution in [2.75, 3.05) is 19.8 Å². The molecule has 1 fully saturated rings. The maximum atomic E-state index is 12.5. The molecule has 5 nitrogen and oxygen atoms in total. The lowest BCUT2D eigenvalue weighted by molar-refractivity contribution is -0.133. The van der Waals surface area contributed by atoms with Gasteiger partial charge in [0.05, 0.1) is 12.8 Å². The molecule has 1 aliphatic heterocycles. The summed E-state index contributed by atoms with van der Waals surface area (Å²) in [6.07, 6.45) is 2.52. The fourth-order valence-corrected chi connectivity index (χ4v) is 4.57. The highest BCUT2D eigenvalue weighted by molar-refractivity contribution is 7.88. The van der Waals surface area contributed by atoms with Crippen molar-refractivity contribution < 1.29 is 13.2 Å². The Labute approximate surface area is 124 Å². The third kappa shape index (κ3) is 3.21. The van der Waals surface area contributed by atoms with Gasteiger partial charge >= 0.3 is 0 Å². The Morgan fingerprint density at radius 3 is 2.80 bits per heavy atom. The predicted molar refractivity (Wildman–Crippen MR) is 80.1 cm³/mol. The highest BCUT2D eigenvalue weighted by Gasteiger charge is 2.37. The maximum absolute atomic E-state index is 12.5. The summed E-state index contributed by atoms with van der Waals surface area (Å²) in [4.78, 5) is 15.2. The zero-order valence-electron chi connectivity index (χ0n) is 12.0. The molecule has 0 saturated carbocycles. The van der Waals surface area contributed by atoms with Crippen LogP contribution in [0.25, 0.3) is 0 Å². The van der Waals surface area contributed by atoms with E-state index in [1.807, 2.05) is 18.4 Å². The Morgan fingerprint density at radius 1 is 1.55 bits per heavy atom. The SMILES string of the molecule is Cc1ccsc1CN(C)C(=O)C1CCCN1S(C)(=O)=O. The lowest BCUT2D eigenvalue weighted by Crippen LogP contribution is -2.45. The zero-order valence-corrected chi connectivity index (χ0v) is 13.6. The number of hydrogen-bond acceptors (Lipinski definition) is 4. The molecule has 0 radical (unpaired) electrons. The largest absolute Gasteiger partial charge is 0.339 e. The van der Waals surface area contributed by atoms with Gasteiger partial charge in [-0.25, -0.2) is 8.42 Å². The van der Waals surface area contributed by atoms with Gasteiger partial charge in [0.15, 0.2) is 0 Å². The normalized spacial score (nSPS) is 20.2. The van der Waals surface area contributed by atoms with Crippen LogP contribution in [0, 0.1) is 6.92 Å². The lowest BCUT2D eigenvalue weighted by atomic mass is 10.2. The van der Waals surface area contributed by atoms with Crippen molar-refractivity contribution in [3.8, 4) is 0 Å². The first-order valence-corrected chi connectivity index (χ1v) is 9.28. The van der Waals surface area contributed by atoms with Gasteiger partial charge in [0.2, 0.25) is 15.9 Å². The number of nitrogens with zero attached hydrogens (tertiary/aromatic N) is 2. The van der Waals surface area contributed by atoms with Gasteiger partial charge in [0, 0.05) is 18.5 Å². The average molecular weight is 316 g/mol. The van der Waals surface area contributed by atoms with Gasteiger partial charge in [-0.3, -0.25) is 4.79 Å². The molecule has 112 valence electrons.